The number of carbonyl (C=O) groups is 1. The third-order valence-corrected chi connectivity index (χ3v) is 2.43. The highest BCUT2D eigenvalue weighted by Crippen LogP contribution is 2.16. The van der Waals surface area contributed by atoms with Gasteiger partial charge in [0.1, 0.15) is 17.3 Å². The van der Waals surface area contributed by atoms with Crippen LogP contribution in [0.4, 0.5) is 11.5 Å². The first-order valence-electron chi connectivity index (χ1n) is 5.41. The average molecular weight is 246 g/mol. The molecule has 0 fully saturated rings. The Labute approximate surface area is 104 Å². The van der Waals surface area contributed by atoms with Gasteiger partial charge >= 0.3 is 0 Å². The van der Waals surface area contributed by atoms with Gasteiger partial charge in [-0.15, -0.1) is 0 Å². The molecular weight excluding hydrogens is 232 g/mol. The molecule has 3 N–H and O–H groups in total. The summed E-state index contributed by atoms with van der Waals surface area (Å²) in [5, 5.41) is 12.2. The van der Waals surface area contributed by atoms with Crippen LogP contribution in [-0.2, 0) is 0 Å². The van der Waals surface area contributed by atoms with Crippen LogP contribution in [0.1, 0.15) is 10.5 Å². The van der Waals surface area contributed by atoms with Crippen molar-refractivity contribution in [2.24, 2.45) is 0 Å². The Hall–Kier alpha value is -2.50. The number of methoxy groups -OCH3 is 1. The van der Waals surface area contributed by atoms with E-state index in [1.165, 1.54) is 0 Å². The normalized spacial score (nSPS) is 9.89. The molecule has 18 heavy (non-hydrogen) atoms. The highest BCUT2D eigenvalue weighted by atomic mass is 16.5. The molecule has 0 unspecified atom stereocenters. The summed E-state index contributed by atoms with van der Waals surface area (Å²) in [7, 11) is 3.33. The van der Waals surface area contributed by atoms with Gasteiger partial charge in [-0.1, -0.05) is 0 Å². The molecule has 0 saturated carbocycles. The lowest BCUT2D eigenvalue weighted by atomic mass is 10.3. The Balaban J connectivity index is 2.06. The number of benzene rings is 1. The predicted molar refractivity (Wildman–Crippen MR) is 69.1 cm³/mol. The van der Waals surface area contributed by atoms with Crippen molar-refractivity contribution in [3.63, 3.8) is 0 Å². The molecule has 0 radical (unpaired) electrons. The van der Waals surface area contributed by atoms with E-state index < -0.39 is 0 Å². The summed E-state index contributed by atoms with van der Waals surface area (Å²) in [6.45, 7) is 0. The monoisotopic (exact) mass is 246 g/mol. The van der Waals surface area contributed by atoms with E-state index in [9.17, 15) is 4.79 Å². The second-order valence-electron chi connectivity index (χ2n) is 3.60. The summed E-state index contributed by atoms with van der Waals surface area (Å²) in [6, 6.07) is 8.74. The maximum atomic E-state index is 11.9. The lowest BCUT2D eigenvalue weighted by Gasteiger charge is -2.04. The van der Waals surface area contributed by atoms with Crippen molar-refractivity contribution < 1.29 is 9.53 Å². The molecule has 1 aromatic heterocycles. The number of nitrogens with one attached hydrogen (secondary N) is 3. The quantitative estimate of drug-likeness (QED) is 0.767. The van der Waals surface area contributed by atoms with E-state index in [4.69, 9.17) is 4.74 Å². The van der Waals surface area contributed by atoms with Gasteiger partial charge in [-0.05, 0) is 24.3 Å². The van der Waals surface area contributed by atoms with Crippen LogP contribution >= 0.6 is 0 Å². The second-order valence-corrected chi connectivity index (χ2v) is 3.60. The minimum absolute atomic E-state index is 0.242. The molecule has 1 aromatic carbocycles. The summed E-state index contributed by atoms with van der Waals surface area (Å²) < 4.78 is 5.04. The fourth-order valence-corrected chi connectivity index (χ4v) is 1.44. The van der Waals surface area contributed by atoms with E-state index in [2.05, 4.69) is 20.8 Å². The Bertz CT molecular complexity index is 533. The second kappa shape index (κ2) is 5.22. The Morgan fingerprint density at radius 2 is 2.06 bits per heavy atom. The summed E-state index contributed by atoms with van der Waals surface area (Å²) >= 11 is 0. The fourth-order valence-electron chi connectivity index (χ4n) is 1.44. The van der Waals surface area contributed by atoms with E-state index in [-0.39, 0.29) is 5.91 Å². The van der Waals surface area contributed by atoms with Crippen molar-refractivity contribution in [3.8, 4) is 5.75 Å². The molecule has 0 aliphatic carbocycles. The first-order valence-corrected chi connectivity index (χ1v) is 5.41. The summed E-state index contributed by atoms with van der Waals surface area (Å²) in [6.07, 6.45) is 0. The van der Waals surface area contributed by atoms with Crippen LogP contribution in [0, 0.1) is 0 Å². The first kappa shape index (κ1) is 12.0. The third-order valence-electron chi connectivity index (χ3n) is 2.43. The number of anilines is 2. The minimum Gasteiger partial charge on any atom is -0.497 e. The van der Waals surface area contributed by atoms with Gasteiger partial charge in [0.2, 0.25) is 0 Å². The molecule has 0 aliphatic rings. The lowest BCUT2D eigenvalue weighted by Crippen LogP contribution is -2.12. The molecule has 0 aliphatic heterocycles. The maximum Gasteiger partial charge on any atom is 0.273 e. The maximum absolute atomic E-state index is 11.9. The van der Waals surface area contributed by atoms with E-state index >= 15 is 0 Å². The lowest BCUT2D eigenvalue weighted by molar-refractivity contribution is 0.102. The molecule has 2 aromatic rings. The standard InChI is InChI=1S/C12H14N4O2/c1-13-11-7-10(15-16-11)12(17)14-8-3-5-9(18-2)6-4-8/h3-7H,1-2H3,(H,14,17)(H2,13,15,16). The number of H-pyrrole nitrogens is 1. The average Bonchev–Trinajstić information content (AvgIpc) is 2.88. The zero-order valence-electron chi connectivity index (χ0n) is 10.2. The smallest absolute Gasteiger partial charge is 0.273 e. The number of hydrogen-bond acceptors (Lipinski definition) is 4. The van der Waals surface area contributed by atoms with Gasteiger partial charge in [-0.2, -0.15) is 5.10 Å². The molecule has 1 heterocycles. The number of rotatable bonds is 4. The van der Waals surface area contributed by atoms with Crippen LogP contribution < -0.4 is 15.4 Å². The first-order chi connectivity index (χ1) is 8.72. The fraction of sp³-hybridized carbons (Fsp3) is 0.167. The number of ether oxygens (including phenoxy) is 1. The van der Waals surface area contributed by atoms with E-state index in [0.717, 1.165) is 5.75 Å². The van der Waals surface area contributed by atoms with Gasteiger partial charge in [0, 0.05) is 18.8 Å². The highest BCUT2D eigenvalue weighted by molar-refractivity contribution is 6.03. The van der Waals surface area contributed by atoms with Gasteiger partial charge < -0.3 is 15.4 Å². The van der Waals surface area contributed by atoms with E-state index in [1.807, 2.05) is 0 Å². The van der Waals surface area contributed by atoms with Gasteiger partial charge in [-0.25, -0.2) is 0 Å². The molecule has 1 amide bonds. The highest BCUT2D eigenvalue weighted by Gasteiger charge is 2.09. The van der Waals surface area contributed by atoms with Crippen molar-refractivity contribution in [1.29, 1.82) is 0 Å². The van der Waals surface area contributed by atoms with Gasteiger partial charge in [0.05, 0.1) is 7.11 Å². The third kappa shape index (κ3) is 2.60. The van der Waals surface area contributed by atoms with Crippen molar-refractivity contribution in [2.45, 2.75) is 0 Å². The molecular formula is C12H14N4O2. The van der Waals surface area contributed by atoms with Gasteiger partial charge in [0.25, 0.3) is 5.91 Å². The van der Waals surface area contributed by atoms with Crippen molar-refractivity contribution in [2.75, 3.05) is 24.8 Å². The molecule has 6 nitrogen and oxygen atoms in total. The number of carbonyl (C=O) groups excluding carboxylic acids is 1. The molecule has 0 bridgehead atoms. The van der Waals surface area contributed by atoms with Crippen LogP contribution in [0.25, 0.3) is 0 Å². The van der Waals surface area contributed by atoms with Gasteiger partial charge in [-0.3, -0.25) is 9.89 Å². The zero-order valence-corrected chi connectivity index (χ0v) is 10.2. The molecule has 0 spiro atoms. The molecule has 94 valence electrons. The van der Waals surface area contributed by atoms with Crippen molar-refractivity contribution in [1.82, 2.24) is 10.2 Å². The largest absolute Gasteiger partial charge is 0.497 e. The number of aromatic amines is 1. The van der Waals surface area contributed by atoms with Crippen LogP contribution in [-0.4, -0.2) is 30.3 Å². The minimum atomic E-state index is -0.242. The molecule has 2 rings (SSSR count). The van der Waals surface area contributed by atoms with Crippen LogP contribution in [0.15, 0.2) is 30.3 Å². The molecule has 0 saturated heterocycles. The van der Waals surface area contributed by atoms with Crippen molar-refractivity contribution in [3.05, 3.63) is 36.0 Å². The SMILES string of the molecule is CNc1cc(C(=O)Nc2ccc(OC)cc2)[nH]n1. The molecule has 6 heteroatoms. The molecule has 0 atom stereocenters. The number of hydrogen-bond donors (Lipinski definition) is 3. The van der Waals surface area contributed by atoms with Crippen LogP contribution in [0.3, 0.4) is 0 Å². The van der Waals surface area contributed by atoms with E-state index in [0.29, 0.717) is 17.2 Å². The number of amides is 1. The number of nitrogens with zero attached hydrogens (tertiary/aromatic N) is 1. The van der Waals surface area contributed by atoms with E-state index in [1.54, 1.807) is 44.5 Å². The Morgan fingerprint density at radius 3 is 2.61 bits per heavy atom. The van der Waals surface area contributed by atoms with Crippen molar-refractivity contribution >= 4 is 17.4 Å². The van der Waals surface area contributed by atoms with Crippen LogP contribution in [0.5, 0.6) is 5.75 Å². The zero-order chi connectivity index (χ0) is 13.0. The predicted octanol–water partition coefficient (Wildman–Crippen LogP) is 1.71. The summed E-state index contributed by atoms with van der Waals surface area (Å²) in [4.78, 5) is 11.9. The Morgan fingerprint density at radius 1 is 1.33 bits per heavy atom. The summed E-state index contributed by atoms with van der Waals surface area (Å²) in [5.74, 6) is 1.12. The topological polar surface area (TPSA) is 79.0 Å². The van der Waals surface area contributed by atoms with Gasteiger partial charge in [0.15, 0.2) is 0 Å². The summed E-state index contributed by atoms with van der Waals surface area (Å²) in [5.41, 5.74) is 1.09. The Kier molecular flexibility index (Phi) is 3.47. The number of aromatic nitrogens is 2. The van der Waals surface area contributed by atoms with Crippen LogP contribution in [0.2, 0.25) is 0 Å².